The van der Waals surface area contributed by atoms with E-state index in [9.17, 15) is 17.6 Å². The van der Waals surface area contributed by atoms with Crippen molar-refractivity contribution in [3.8, 4) is 0 Å². The van der Waals surface area contributed by atoms with Crippen LogP contribution in [0.15, 0.2) is 49.0 Å². The van der Waals surface area contributed by atoms with E-state index in [0.29, 0.717) is 0 Å². The van der Waals surface area contributed by atoms with Crippen LogP contribution in [0.25, 0.3) is 0 Å². The van der Waals surface area contributed by atoms with Crippen LogP contribution in [0.2, 0.25) is 0 Å². The van der Waals surface area contributed by atoms with Crippen molar-refractivity contribution in [3.05, 3.63) is 49.0 Å². The molecule has 5 heteroatoms. The minimum absolute atomic E-state index is 0.456. The van der Waals surface area contributed by atoms with Crippen LogP contribution in [0.5, 0.6) is 0 Å². The molecule has 0 unspecified atom stereocenters. The molecule has 0 amide bonds. The van der Waals surface area contributed by atoms with E-state index < -0.39 is 36.5 Å². The van der Waals surface area contributed by atoms with E-state index in [2.05, 4.69) is 17.9 Å². The number of halogens is 4. The molecule has 0 fully saturated rings. The van der Waals surface area contributed by atoms with Crippen LogP contribution in [0.3, 0.4) is 0 Å². The molecule has 0 atom stereocenters. The number of hydrogen-bond acceptors (Lipinski definition) is 1. The zero-order chi connectivity index (χ0) is 11.8. The van der Waals surface area contributed by atoms with Gasteiger partial charge < -0.3 is 4.74 Å². The zero-order valence-corrected chi connectivity index (χ0v) is 7.90. The van der Waals surface area contributed by atoms with Crippen molar-refractivity contribution in [1.82, 2.24) is 0 Å². The molecule has 0 radical (unpaired) electrons. The molecule has 0 spiro atoms. The molecule has 0 aromatic heterocycles. The molecule has 0 aliphatic heterocycles. The Morgan fingerprint density at radius 2 is 1.20 bits per heavy atom. The van der Waals surface area contributed by atoms with E-state index in [1.54, 1.807) is 0 Å². The predicted molar refractivity (Wildman–Crippen MR) is 49.2 cm³/mol. The molecule has 0 saturated heterocycles. The summed E-state index contributed by atoms with van der Waals surface area (Å²) in [5.41, 5.74) is 0. The molecule has 0 saturated carbocycles. The Labute approximate surface area is 85.0 Å². The second-order valence-electron chi connectivity index (χ2n) is 2.44. The summed E-state index contributed by atoms with van der Waals surface area (Å²) < 4.78 is 54.0. The van der Waals surface area contributed by atoms with Gasteiger partial charge in [-0.3, -0.25) is 0 Å². The van der Waals surface area contributed by atoms with Crippen LogP contribution < -0.4 is 0 Å². The van der Waals surface area contributed by atoms with Crippen LogP contribution >= 0.6 is 0 Å². The van der Waals surface area contributed by atoms with Crippen LogP contribution in [-0.2, 0) is 4.74 Å². The molecular formula is C10H10F4O. The molecule has 0 aliphatic rings. The third-order valence-corrected chi connectivity index (χ3v) is 1.25. The maximum absolute atomic E-state index is 12.6. The second-order valence-corrected chi connectivity index (χ2v) is 2.44. The van der Waals surface area contributed by atoms with Crippen LogP contribution in [0.1, 0.15) is 12.8 Å². The highest BCUT2D eigenvalue weighted by atomic mass is 19.2. The highest BCUT2D eigenvalue weighted by molar-refractivity contribution is 5.04. The van der Waals surface area contributed by atoms with Gasteiger partial charge in [-0.2, -0.15) is 8.78 Å². The van der Waals surface area contributed by atoms with Gasteiger partial charge in [0.05, 0.1) is 0 Å². The van der Waals surface area contributed by atoms with Gasteiger partial charge in [0, 0.05) is 12.8 Å². The summed E-state index contributed by atoms with van der Waals surface area (Å²) in [6.45, 7) is 6.27. The summed E-state index contributed by atoms with van der Waals surface area (Å²) in [7, 11) is 0. The van der Waals surface area contributed by atoms with Gasteiger partial charge in [0.2, 0.25) is 0 Å². The maximum atomic E-state index is 12.6. The average Bonchev–Trinajstić information content (AvgIpc) is 2.18. The minimum atomic E-state index is -1.81. The lowest BCUT2D eigenvalue weighted by molar-refractivity contribution is 0.131. The molecule has 1 nitrogen and oxygen atoms in total. The second kappa shape index (κ2) is 6.86. The summed E-state index contributed by atoms with van der Waals surface area (Å²) in [5, 5.41) is 0. The molecule has 0 aromatic carbocycles. The summed E-state index contributed by atoms with van der Waals surface area (Å²) >= 11 is 0. The van der Waals surface area contributed by atoms with Gasteiger partial charge in [0.1, 0.15) is 0 Å². The molecule has 0 aromatic rings. The minimum Gasteiger partial charge on any atom is -0.400 e. The molecule has 0 aliphatic carbocycles. The lowest BCUT2D eigenvalue weighted by Gasteiger charge is -2.01. The smallest absolute Gasteiger partial charge is 0.312 e. The Hall–Kier alpha value is -1.52. The first kappa shape index (κ1) is 13.5. The van der Waals surface area contributed by atoms with Crippen molar-refractivity contribution in [3.63, 3.8) is 0 Å². The monoisotopic (exact) mass is 222 g/mol. The fourth-order valence-corrected chi connectivity index (χ4v) is 0.603. The summed E-state index contributed by atoms with van der Waals surface area (Å²) in [6.07, 6.45) is 1.20. The van der Waals surface area contributed by atoms with Gasteiger partial charge in [0.25, 0.3) is 0 Å². The van der Waals surface area contributed by atoms with E-state index in [1.165, 1.54) is 0 Å². The highest BCUT2D eigenvalue weighted by Crippen LogP contribution is 2.21. The molecule has 0 heterocycles. The first-order valence-electron chi connectivity index (χ1n) is 4.00. The van der Waals surface area contributed by atoms with Gasteiger partial charge in [-0.25, -0.2) is 8.78 Å². The molecule has 84 valence electrons. The molecule has 0 bridgehead atoms. The number of rotatable bonds is 6. The van der Waals surface area contributed by atoms with Crippen LogP contribution in [0.4, 0.5) is 17.6 Å². The Kier molecular flexibility index (Phi) is 6.17. The third kappa shape index (κ3) is 5.05. The third-order valence-electron chi connectivity index (χ3n) is 1.25. The van der Waals surface area contributed by atoms with Crippen molar-refractivity contribution in [2.24, 2.45) is 0 Å². The Bertz CT molecular complexity index is 275. The SMILES string of the molecule is C=CCC(F)=C(F)OC(F)=C(F)CC=C. The van der Waals surface area contributed by atoms with Crippen molar-refractivity contribution < 1.29 is 22.3 Å². The normalized spacial score (nSPS) is 13.9. The van der Waals surface area contributed by atoms with E-state index >= 15 is 0 Å². The lowest BCUT2D eigenvalue weighted by Crippen LogP contribution is -1.90. The van der Waals surface area contributed by atoms with Crippen molar-refractivity contribution in [2.75, 3.05) is 0 Å². The first-order valence-corrected chi connectivity index (χ1v) is 4.00. The van der Waals surface area contributed by atoms with Crippen molar-refractivity contribution in [1.29, 1.82) is 0 Å². The topological polar surface area (TPSA) is 9.23 Å². The molecule has 0 N–H and O–H groups in total. The molecular weight excluding hydrogens is 212 g/mol. The largest absolute Gasteiger partial charge is 0.400 e. The van der Waals surface area contributed by atoms with Gasteiger partial charge in [-0.1, -0.05) is 12.2 Å². The Morgan fingerprint density at radius 1 is 0.867 bits per heavy atom. The van der Waals surface area contributed by atoms with E-state index in [-0.39, 0.29) is 0 Å². The maximum Gasteiger partial charge on any atom is 0.312 e. The van der Waals surface area contributed by atoms with Crippen LogP contribution in [0, 0.1) is 0 Å². The standard InChI is InChI=1S/C10H10F4O/c1-3-5-7(11)9(13)15-10(14)8(12)6-4-2/h3-4H,1-2,5-6H2. The Morgan fingerprint density at radius 3 is 1.47 bits per heavy atom. The quantitative estimate of drug-likeness (QED) is 0.368. The van der Waals surface area contributed by atoms with E-state index in [1.807, 2.05) is 0 Å². The number of ether oxygens (including phenoxy) is 1. The van der Waals surface area contributed by atoms with E-state index in [0.717, 1.165) is 12.2 Å². The fraction of sp³-hybridized carbons (Fsp3) is 0.200. The van der Waals surface area contributed by atoms with Gasteiger partial charge in [-0.15, -0.1) is 13.2 Å². The van der Waals surface area contributed by atoms with Crippen molar-refractivity contribution >= 4 is 0 Å². The van der Waals surface area contributed by atoms with Gasteiger partial charge >= 0.3 is 12.0 Å². The summed E-state index contributed by atoms with van der Waals surface area (Å²) in [5.74, 6) is -2.71. The lowest BCUT2D eigenvalue weighted by atomic mass is 10.4. The number of allylic oxidation sites excluding steroid dienone is 4. The first-order chi connectivity index (χ1) is 7.02. The Balaban J connectivity index is 4.58. The fourth-order valence-electron chi connectivity index (χ4n) is 0.603. The zero-order valence-electron chi connectivity index (χ0n) is 7.90. The van der Waals surface area contributed by atoms with Gasteiger partial charge in [-0.05, 0) is 0 Å². The predicted octanol–water partition coefficient (Wildman–Crippen LogP) is 4.37. The average molecular weight is 222 g/mol. The number of hydrogen-bond donors (Lipinski definition) is 0. The van der Waals surface area contributed by atoms with E-state index in [4.69, 9.17) is 0 Å². The van der Waals surface area contributed by atoms with Gasteiger partial charge in [0.15, 0.2) is 11.7 Å². The summed E-state index contributed by atoms with van der Waals surface area (Å²) in [4.78, 5) is 0. The molecule has 0 rings (SSSR count). The van der Waals surface area contributed by atoms with Crippen LogP contribution in [-0.4, -0.2) is 0 Å². The summed E-state index contributed by atoms with van der Waals surface area (Å²) in [6, 6.07) is -3.63. The highest BCUT2D eigenvalue weighted by Gasteiger charge is 2.12. The van der Waals surface area contributed by atoms with Crippen molar-refractivity contribution in [2.45, 2.75) is 12.8 Å². The molecule has 15 heavy (non-hydrogen) atoms.